The molecule has 0 spiro atoms. The molecule has 1 aromatic carbocycles. The number of pyridine rings is 1. The van der Waals surface area contributed by atoms with E-state index in [9.17, 15) is 14.0 Å². The van der Waals surface area contributed by atoms with Gasteiger partial charge in [0.1, 0.15) is 11.5 Å². The Morgan fingerprint density at radius 3 is 2.76 bits per heavy atom. The molecule has 3 rings (SSSR count). The molecule has 3 aromatic rings. The first kappa shape index (κ1) is 17.3. The first-order valence-corrected chi connectivity index (χ1v) is 8.28. The summed E-state index contributed by atoms with van der Waals surface area (Å²) in [6, 6.07) is 9.49. The Bertz CT molecular complexity index is 1040. The van der Waals surface area contributed by atoms with E-state index in [0.717, 1.165) is 5.56 Å². The molecule has 0 unspecified atom stereocenters. The first-order chi connectivity index (χ1) is 11.9. The number of ketones is 1. The van der Waals surface area contributed by atoms with Crippen LogP contribution in [0.3, 0.4) is 0 Å². The summed E-state index contributed by atoms with van der Waals surface area (Å²) in [4.78, 5) is 29.2. The van der Waals surface area contributed by atoms with Crippen LogP contribution in [0.4, 0.5) is 4.39 Å². The van der Waals surface area contributed by atoms with Gasteiger partial charge in [0.15, 0.2) is 5.78 Å². The van der Waals surface area contributed by atoms with Crippen LogP contribution in [0.5, 0.6) is 0 Å². The highest BCUT2D eigenvalue weighted by Crippen LogP contribution is 2.20. The van der Waals surface area contributed by atoms with Gasteiger partial charge in [-0.1, -0.05) is 36.7 Å². The third kappa shape index (κ3) is 3.20. The highest BCUT2D eigenvalue weighted by molar-refractivity contribution is 6.30. The predicted molar refractivity (Wildman–Crippen MR) is 95.0 cm³/mol. The summed E-state index contributed by atoms with van der Waals surface area (Å²) in [6.07, 6.45) is 0.435. The molecule has 4 nitrogen and oxygen atoms in total. The van der Waals surface area contributed by atoms with Crippen LogP contribution in [0.15, 0.2) is 41.2 Å². The minimum atomic E-state index is -0.517. The number of aromatic nitrogens is 2. The van der Waals surface area contributed by atoms with Gasteiger partial charge in [0, 0.05) is 18.9 Å². The Morgan fingerprint density at radius 2 is 2.04 bits per heavy atom. The summed E-state index contributed by atoms with van der Waals surface area (Å²) in [5, 5.41) is 0.0291. The van der Waals surface area contributed by atoms with Gasteiger partial charge < -0.3 is 0 Å². The van der Waals surface area contributed by atoms with Gasteiger partial charge in [-0.25, -0.2) is 9.37 Å². The van der Waals surface area contributed by atoms with E-state index in [1.54, 1.807) is 38.1 Å². The number of Topliss-reactive ketones (excluding diaryl/α,β-unsaturated/α-hetero) is 1. The summed E-state index contributed by atoms with van der Waals surface area (Å²) in [7, 11) is 0. The van der Waals surface area contributed by atoms with E-state index in [0.29, 0.717) is 29.0 Å². The number of carbonyl (C=O) groups excluding carboxylic acids is 1. The SMILES string of the molecule is CCC(=O)c1c(C)ccc2nc(Cc3cccc(Cl)c3F)cc(=O)n12. The van der Waals surface area contributed by atoms with Crippen LogP contribution in [0.25, 0.3) is 5.65 Å². The molecule has 6 heteroatoms. The van der Waals surface area contributed by atoms with Gasteiger partial charge in [-0.2, -0.15) is 0 Å². The fourth-order valence-corrected chi connectivity index (χ4v) is 3.02. The zero-order chi connectivity index (χ0) is 18.1. The summed E-state index contributed by atoms with van der Waals surface area (Å²) in [6.45, 7) is 3.53. The minimum absolute atomic E-state index is 0.0291. The van der Waals surface area contributed by atoms with Crippen molar-refractivity contribution in [2.24, 2.45) is 0 Å². The van der Waals surface area contributed by atoms with Crippen molar-refractivity contribution in [3.8, 4) is 0 Å². The van der Waals surface area contributed by atoms with E-state index in [1.807, 2.05) is 0 Å². The lowest BCUT2D eigenvalue weighted by Gasteiger charge is -2.11. The fraction of sp³-hybridized carbons (Fsp3) is 0.211. The summed E-state index contributed by atoms with van der Waals surface area (Å²) >= 11 is 5.80. The van der Waals surface area contributed by atoms with Crippen molar-refractivity contribution in [2.75, 3.05) is 0 Å². The molecule has 128 valence electrons. The fourth-order valence-electron chi connectivity index (χ4n) is 2.82. The zero-order valence-electron chi connectivity index (χ0n) is 13.8. The topological polar surface area (TPSA) is 51.4 Å². The molecule has 0 bridgehead atoms. The second kappa shape index (κ2) is 6.76. The third-order valence-corrected chi connectivity index (χ3v) is 4.36. The molecule has 0 aliphatic carbocycles. The van der Waals surface area contributed by atoms with Gasteiger partial charge in [0.2, 0.25) is 0 Å². The van der Waals surface area contributed by atoms with Gasteiger partial charge in [0.25, 0.3) is 5.56 Å². The highest BCUT2D eigenvalue weighted by atomic mass is 35.5. The van der Waals surface area contributed by atoms with E-state index in [-0.39, 0.29) is 22.8 Å². The maximum atomic E-state index is 14.1. The van der Waals surface area contributed by atoms with Crippen LogP contribution in [0.1, 0.15) is 40.7 Å². The predicted octanol–water partition coefficient (Wildman–Crippen LogP) is 3.98. The molecule has 0 N–H and O–H groups in total. The zero-order valence-corrected chi connectivity index (χ0v) is 14.6. The Morgan fingerprint density at radius 1 is 1.28 bits per heavy atom. The number of rotatable bonds is 4. The average molecular weight is 359 g/mol. The van der Waals surface area contributed by atoms with E-state index in [1.165, 1.54) is 16.5 Å². The van der Waals surface area contributed by atoms with E-state index >= 15 is 0 Å². The van der Waals surface area contributed by atoms with E-state index in [4.69, 9.17) is 11.6 Å². The Kier molecular flexibility index (Phi) is 4.68. The monoisotopic (exact) mass is 358 g/mol. The van der Waals surface area contributed by atoms with Crippen LogP contribution >= 0.6 is 11.6 Å². The lowest BCUT2D eigenvalue weighted by molar-refractivity contribution is 0.0981. The summed E-state index contributed by atoms with van der Waals surface area (Å²) < 4.78 is 15.4. The van der Waals surface area contributed by atoms with Gasteiger partial charge >= 0.3 is 0 Å². The third-order valence-electron chi connectivity index (χ3n) is 4.07. The molecule has 0 saturated heterocycles. The largest absolute Gasteiger partial charge is 0.293 e. The molecule has 0 aliphatic heterocycles. The lowest BCUT2D eigenvalue weighted by atomic mass is 10.1. The molecule has 0 radical (unpaired) electrons. The molecular weight excluding hydrogens is 343 g/mol. The number of carbonyl (C=O) groups is 1. The van der Waals surface area contributed by atoms with Crippen molar-refractivity contribution in [1.82, 2.24) is 9.38 Å². The normalized spacial score (nSPS) is 11.0. The minimum Gasteiger partial charge on any atom is -0.293 e. The summed E-state index contributed by atoms with van der Waals surface area (Å²) in [5.41, 5.74) is 1.86. The van der Waals surface area contributed by atoms with Gasteiger partial charge in [-0.3, -0.25) is 14.0 Å². The van der Waals surface area contributed by atoms with Crippen molar-refractivity contribution in [3.63, 3.8) is 0 Å². The van der Waals surface area contributed by atoms with Crippen molar-refractivity contribution in [3.05, 3.63) is 80.1 Å². The van der Waals surface area contributed by atoms with Gasteiger partial charge in [-0.15, -0.1) is 0 Å². The Labute approximate surface area is 148 Å². The second-order valence-corrected chi connectivity index (χ2v) is 6.22. The number of fused-ring (bicyclic) bond motifs is 1. The number of halogens is 2. The Balaban J connectivity index is 2.15. The van der Waals surface area contributed by atoms with E-state index in [2.05, 4.69) is 4.98 Å². The maximum Gasteiger partial charge on any atom is 0.258 e. The number of hydrogen-bond acceptors (Lipinski definition) is 3. The molecule has 2 aromatic heterocycles. The van der Waals surface area contributed by atoms with Gasteiger partial charge in [0.05, 0.1) is 16.4 Å². The molecule has 2 heterocycles. The van der Waals surface area contributed by atoms with Gasteiger partial charge in [-0.05, 0) is 30.2 Å². The molecule has 25 heavy (non-hydrogen) atoms. The average Bonchev–Trinajstić information content (AvgIpc) is 2.59. The quantitative estimate of drug-likeness (QED) is 0.663. The Hall–Kier alpha value is -2.53. The van der Waals surface area contributed by atoms with Crippen molar-refractivity contribution in [2.45, 2.75) is 26.7 Å². The number of benzene rings is 1. The molecule has 0 saturated carbocycles. The smallest absolute Gasteiger partial charge is 0.258 e. The van der Waals surface area contributed by atoms with Crippen LogP contribution in [0.2, 0.25) is 5.02 Å². The molecule has 0 atom stereocenters. The maximum absolute atomic E-state index is 14.1. The van der Waals surface area contributed by atoms with Crippen molar-refractivity contribution >= 4 is 23.0 Å². The number of hydrogen-bond donors (Lipinski definition) is 0. The highest BCUT2D eigenvalue weighted by Gasteiger charge is 2.15. The first-order valence-electron chi connectivity index (χ1n) is 7.90. The van der Waals surface area contributed by atoms with Crippen LogP contribution < -0.4 is 5.56 Å². The van der Waals surface area contributed by atoms with Crippen LogP contribution in [-0.2, 0) is 6.42 Å². The van der Waals surface area contributed by atoms with E-state index < -0.39 is 5.82 Å². The van der Waals surface area contributed by atoms with Crippen LogP contribution in [0, 0.1) is 12.7 Å². The van der Waals surface area contributed by atoms with Crippen molar-refractivity contribution < 1.29 is 9.18 Å². The summed E-state index contributed by atoms with van der Waals surface area (Å²) in [5.74, 6) is -0.641. The second-order valence-electron chi connectivity index (χ2n) is 5.81. The lowest BCUT2D eigenvalue weighted by Crippen LogP contribution is -2.22. The molecular formula is C19H16ClFN2O2. The molecule has 0 fully saturated rings. The number of nitrogens with zero attached hydrogens (tertiary/aromatic N) is 2. The number of aryl methyl sites for hydroxylation is 1. The standard InChI is InChI=1S/C19H16ClFN2O2/c1-3-15(24)19-11(2)7-8-16-22-13(10-17(25)23(16)19)9-12-5-4-6-14(20)18(12)21/h4-8,10H,3,9H2,1-2H3. The van der Waals surface area contributed by atoms with Crippen molar-refractivity contribution in [1.29, 1.82) is 0 Å². The van der Waals surface area contributed by atoms with Crippen LogP contribution in [-0.4, -0.2) is 15.2 Å². The molecule has 0 amide bonds. The molecule has 0 aliphatic rings.